The highest BCUT2D eigenvalue weighted by atomic mass is 19.1. The van der Waals surface area contributed by atoms with E-state index in [4.69, 9.17) is 5.11 Å². The van der Waals surface area contributed by atoms with Crippen molar-refractivity contribution in [3.05, 3.63) is 35.1 Å². The molecular formula is C12H17FN2O2. The molecule has 0 radical (unpaired) electrons. The molecule has 0 unspecified atom stereocenters. The van der Waals surface area contributed by atoms with E-state index in [0.29, 0.717) is 25.1 Å². The number of carbonyl (C=O) groups is 1. The van der Waals surface area contributed by atoms with Gasteiger partial charge in [0.25, 0.3) is 0 Å². The Morgan fingerprint density at radius 3 is 2.82 bits per heavy atom. The van der Waals surface area contributed by atoms with Crippen LogP contribution in [0.25, 0.3) is 0 Å². The largest absolute Gasteiger partial charge is 0.396 e. The van der Waals surface area contributed by atoms with Crippen molar-refractivity contribution >= 4 is 6.03 Å². The van der Waals surface area contributed by atoms with Gasteiger partial charge >= 0.3 is 6.03 Å². The maximum atomic E-state index is 13.0. The Labute approximate surface area is 99.8 Å². The van der Waals surface area contributed by atoms with E-state index in [1.807, 2.05) is 0 Å². The molecule has 0 bridgehead atoms. The molecule has 0 atom stereocenters. The summed E-state index contributed by atoms with van der Waals surface area (Å²) >= 11 is 0. The number of aliphatic hydroxyl groups is 1. The third-order valence-corrected chi connectivity index (χ3v) is 2.30. The molecule has 0 aliphatic carbocycles. The van der Waals surface area contributed by atoms with Crippen molar-refractivity contribution in [1.29, 1.82) is 0 Å². The predicted molar refractivity (Wildman–Crippen MR) is 63.1 cm³/mol. The number of aliphatic hydroxyl groups excluding tert-OH is 1. The van der Waals surface area contributed by atoms with E-state index in [1.54, 1.807) is 19.1 Å². The lowest BCUT2D eigenvalue weighted by molar-refractivity contribution is 0.237. The summed E-state index contributed by atoms with van der Waals surface area (Å²) < 4.78 is 13.0. The molecule has 94 valence electrons. The van der Waals surface area contributed by atoms with Crippen LogP contribution in [-0.4, -0.2) is 24.3 Å². The standard InChI is InChI=1S/C12H17FN2O2/c1-9-7-10(3-4-11(9)13)8-15-12(17)14-5-2-6-16/h3-4,7,16H,2,5-6,8H2,1H3,(H2,14,15,17). The summed E-state index contributed by atoms with van der Waals surface area (Å²) in [6.07, 6.45) is 0.531. The average molecular weight is 240 g/mol. The van der Waals surface area contributed by atoms with Gasteiger partial charge in [-0.15, -0.1) is 0 Å². The van der Waals surface area contributed by atoms with Gasteiger partial charge in [0.15, 0.2) is 0 Å². The third-order valence-electron chi connectivity index (χ3n) is 2.30. The predicted octanol–water partition coefficient (Wildman–Crippen LogP) is 1.32. The summed E-state index contributed by atoms with van der Waals surface area (Å²) in [6, 6.07) is 4.43. The van der Waals surface area contributed by atoms with E-state index in [2.05, 4.69) is 10.6 Å². The Hall–Kier alpha value is -1.62. The van der Waals surface area contributed by atoms with Gasteiger partial charge < -0.3 is 15.7 Å². The minimum atomic E-state index is -0.291. The van der Waals surface area contributed by atoms with Crippen LogP contribution in [0.4, 0.5) is 9.18 Å². The van der Waals surface area contributed by atoms with Crippen LogP contribution in [0.5, 0.6) is 0 Å². The number of hydrogen-bond donors (Lipinski definition) is 3. The van der Waals surface area contributed by atoms with Gasteiger partial charge in [0.2, 0.25) is 0 Å². The van der Waals surface area contributed by atoms with Crippen LogP contribution in [0.3, 0.4) is 0 Å². The molecule has 0 aliphatic heterocycles. The SMILES string of the molecule is Cc1cc(CNC(=O)NCCCO)ccc1F. The van der Waals surface area contributed by atoms with Crippen LogP contribution in [-0.2, 0) is 6.54 Å². The van der Waals surface area contributed by atoms with E-state index < -0.39 is 0 Å². The smallest absolute Gasteiger partial charge is 0.315 e. The minimum Gasteiger partial charge on any atom is -0.396 e. The molecule has 0 saturated heterocycles. The Kier molecular flexibility index (Phi) is 5.42. The zero-order valence-electron chi connectivity index (χ0n) is 9.79. The number of rotatable bonds is 5. The van der Waals surface area contributed by atoms with Crippen LogP contribution in [0, 0.1) is 12.7 Å². The Balaban J connectivity index is 2.34. The van der Waals surface area contributed by atoms with Gasteiger partial charge in [0.1, 0.15) is 5.82 Å². The van der Waals surface area contributed by atoms with Crippen molar-refractivity contribution in [2.24, 2.45) is 0 Å². The molecule has 4 nitrogen and oxygen atoms in total. The normalized spacial score (nSPS) is 10.1. The van der Waals surface area contributed by atoms with Crippen LogP contribution >= 0.6 is 0 Å². The van der Waals surface area contributed by atoms with Crippen molar-refractivity contribution in [1.82, 2.24) is 10.6 Å². The summed E-state index contributed by atoms with van der Waals surface area (Å²) in [5.74, 6) is -0.249. The third kappa shape index (κ3) is 4.82. The van der Waals surface area contributed by atoms with E-state index >= 15 is 0 Å². The van der Waals surface area contributed by atoms with Crippen molar-refractivity contribution in [2.75, 3.05) is 13.2 Å². The second kappa shape index (κ2) is 6.85. The summed E-state index contributed by atoms with van der Waals surface area (Å²) in [6.45, 7) is 2.52. The topological polar surface area (TPSA) is 61.4 Å². The van der Waals surface area contributed by atoms with Crippen molar-refractivity contribution < 1.29 is 14.3 Å². The average Bonchev–Trinajstić information content (AvgIpc) is 2.31. The first-order chi connectivity index (χ1) is 8.13. The Morgan fingerprint density at radius 2 is 2.18 bits per heavy atom. The maximum Gasteiger partial charge on any atom is 0.315 e. The quantitative estimate of drug-likeness (QED) is 0.680. The van der Waals surface area contributed by atoms with Crippen molar-refractivity contribution in [2.45, 2.75) is 19.9 Å². The van der Waals surface area contributed by atoms with E-state index in [9.17, 15) is 9.18 Å². The summed E-state index contributed by atoms with van der Waals surface area (Å²) in [7, 11) is 0. The molecule has 2 amide bonds. The maximum absolute atomic E-state index is 13.0. The molecule has 3 N–H and O–H groups in total. The summed E-state index contributed by atoms with van der Waals surface area (Å²) in [5, 5.41) is 13.8. The highest BCUT2D eigenvalue weighted by Crippen LogP contribution is 2.08. The number of hydrogen-bond acceptors (Lipinski definition) is 2. The van der Waals surface area contributed by atoms with E-state index in [0.717, 1.165) is 5.56 Å². The van der Waals surface area contributed by atoms with Crippen molar-refractivity contribution in [3.8, 4) is 0 Å². The highest BCUT2D eigenvalue weighted by Gasteiger charge is 2.01. The molecule has 0 spiro atoms. The monoisotopic (exact) mass is 240 g/mol. The zero-order chi connectivity index (χ0) is 12.7. The lowest BCUT2D eigenvalue weighted by atomic mass is 10.1. The lowest BCUT2D eigenvalue weighted by Crippen LogP contribution is -2.35. The fourth-order valence-corrected chi connectivity index (χ4v) is 1.34. The van der Waals surface area contributed by atoms with Gasteiger partial charge in [-0.05, 0) is 30.5 Å². The molecule has 17 heavy (non-hydrogen) atoms. The lowest BCUT2D eigenvalue weighted by Gasteiger charge is -2.07. The fraction of sp³-hybridized carbons (Fsp3) is 0.417. The van der Waals surface area contributed by atoms with Crippen LogP contribution in [0.15, 0.2) is 18.2 Å². The van der Waals surface area contributed by atoms with Crippen molar-refractivity contribution in [3.63, 3.8) is 0 Å². The van der Waals surface area contributed by atoms with Crippen LogP contribution < -0.4 is 10.6 Å². The molecule has 0 fully saturated rings. The fourth-order valence-electron chi connectivity index (χ4n) is 1.34. The number of amides is 2. The first kappa shape index (κ1) is 13.4. The van der Waals surface area contributed by atoms with Gasteiger partial charge in [-0.3, -0.25) is 0 Å². The van der Waals surface area contributed by atoms with Gasteiger partial charge in [-0.25, -0.2) is 9.18 Å². The van der Waals surface area contributed by atoms with Gasteiger partial charge in [-0.1, -0.05) is 12.1 Å². The molecule has 1 rings (SSSR count). The Morgan fingerprint density at radius 1 is 1.41 bits per heavy atom. The van der Waals surface area contributed by atoms with Gasteiger partial charge in [0.05, 0.1) is 0 Å². The van der Waals surface area contributed by atoms with E-state index in [-0.39, 0.29) is 18.5 Å². The number of carbonyl (C=O) groups excluding carboxylic acids is 1. The molecule has 1 aromatic rings. The molecule has 5 heteroatoms. The van der Waals surface area contributed by atoms with Gasteiger partial charge in [-0.2, -0.15) is 0 Å². The van der Waals surface area contributed by atoms with E-state index in [1.165, 1.54) is 6.07 Å². The molecule has 0 saturated carbocycles. The molecule has 0 aliphatic rings. The number of urea groups is 1. The number of aryl methyl sites for hydroxylation is 1. The van der Waals surface area contributed by atoms with Gasteiger partial charge in [0, 0.05) is 19.7 Å². The first-order valence-corrected chi connectivity index (χ1v) is 5.51. The molecule has 1 aromatic carbocycles. The second-order valence-electron chi connectivity index (χ2n) is 3.77. The van der Waals surface area contributed by atoms with Crippen LogP contribution in [0.2, 0.25) is 0 Å². The summed E-state index contributed by atoms with van der Waals surface area (Å²) in [5.41, 5.74) is 1.41. The Bertz CT molecular complexity index is 383. The molecule has 0 aromatic heterocycles. The second-order valence-corrected chi connectivity index (χ2v) is 3.77. The summed E-state index contributed by atoms with van der Waals surface area (Å²) in [4.78, 5) is 11.3. The first-order valence-electron chi connectivity index (χ1n) is 5.51. The van der Waals surface area contributed by atoms with Crippen LogP contribution in [0.1, 0.15) is 17.5 Å². The highest BCUT2D eigenvalue weighted by molar-refractivity contribution is 5.73. The minimum absolute atomic E-state index is 0.0530. The molecule has 0 heterocycles. The number of benzene rings is 1. The number of halogens is 1. The molecular weight excluding hydrogens is 223 g/mol. The zero-order valence-corrected chi connectivity index (χ0v) is 9.79. The number of nitrogens with one attached hydrogen (secondary N) is 2.